The second kappa shape index (κ2) is 6.51. The third-order valence-corrected chi connectivity index (χ3v) is 2.74. The van der Waals surface area contributed by atoms with Gasteiger partial charge in [0.05, 0.1) is 6.61 Å². The van der Waals surface area contributed by atoms with E-state index in [1.54, 1.807) is 19.2 Å². The second-order valence-electron chi connectivity index (χ2n) is 4.04. The number of hydrogen-bond donors (Lipinski definition) is 2. The number of phenolic OH excluding ortho intramolecular Hbond substituents is 1. The summed E-state index contributed by atoms with van der Waals surface area (Å²) in [6, 6.07) is 7.93. The second-order valence-corrected chi connectivity index (χ2v) is 4.04. The first-order valence-electron chi connectivity index (χ1n) is 5.71. The first-order chi connectivity index (χ1) is 7.67. The van der Waals surface area contributed by atoms with E-state index in [1.807, 2.05) is 12.1 Å². The molecule has 1 rings (SSSR count). The Balaban J connectivity index is 2.56. The summed E-state index contributed by atoms with van der Waals surface area (Å²) in [6.07, 6.45) is 1.04. The molecule has 0 saturated carbocycles. The van der Waals surface area contributed by atoms with E-state index < -0.39 is 0 Å². The molecule has 2 unspecified atom stereocenters. The highest BCUT2D eigenvalue weighted by Crippen LogP contribution is 2.17. The average molecular weight is 223 g/mol. The van der Waals surface area contributed by atoms with Gasteiger partial charge in [-0.3, -0.25) is 0 Å². The lowest BCUT2D eigenvalue weighted by Crippen LogP contribution is -2.34. The summed E-state index contributed by atoms with van der Waals surface area (Å²) in [5, 5.41) is 12.7. The lowest BCUT2D eigenvalue weighted by Gasteiger charge is -2.22. The van der Waals surface area contributed by atoms with Crippen molar-refractivity contribution in [3.8, 4) is 5.75 Å². The van der Waals surface area contributed by atoms with Gasteiger partial charge < -0.3 is 15.2 Å². The predicted octanol–water partition coefficient (Wildman–Crippen LogP) is 2.47. The van der Waals surface area contributed by atoms with Crippen LogP contribution in [0.3, 0.4) is 0 Å². The molecule has 0 amide bonds. The summed E-state index contributed by atoms with van der Waals surface area (Å²) in [7, 11) is 1.72. The Bertz CT molecular complexity index is 297. The topological polar surface area (TPSA) is 41.5 Å². The maximum absolute atomic E-state index is 9.21. The molecule has 3 heteroatoms. The number of phenols is 1. The monoisotopic (exact) mass is 223 g/mol. The lowest BCUT2D eigenvalue weighted by atomic mass is 10.1. The number of methoxy groups -OCH3 is 1. The Morgan fingerprint density at radius 3 is 2.44 bits per heavy atom. The Hall–Kier alpha value is -1.06. The largest absolute Gasteiger partial charge is 0.508 e. The van der Waals surface area contributed by atoms with Crippen LogP contribution in [0.2, 0.25) is 0 Å². The van der Waals surface area contributed by atoms with Crippen LogP contribution in [0.1, 0.15) is 31.9 Å². The quantitative estimate of drug-likeness (QED) is 0.778. The summed E-state index contributed by atoms with van der Waals surface area (Å²) < 4.78 is 5.15. The van der Waals surface area contributed by atoms with Crippen molar-refractivity contribution in [3.05, 3.63) is 29.8 Å². The standard InChI is InChI=1S/C13H21NO2/c1-4-12(9-16-3)14-10(2)11-5-7-13(15)8-6-11/h5-8,10,12,14-15H,4,9H2,1-3H3. The fraction of sp³-hybridized carbons (Fsp3) is 0.538. The molecule has 0 spiro atoms. The Kier molecular flexibility index (Phi) is 5.29. The molecular weight excluding hydrogens is 202 g/mol. The van der Waals surface area contributed by atoms with Gasteiger partial charge in [0, 0.05) is 19.2 Å². The number of ether oxygens (including phenoxy) is 1. The normalized spacial score (nSPS) is 14.7. The third kappa shape index (κ3) is 3.83. The van der Waals surface area contributed by atoms with Gasteiger partial charge in [0.25, 0.3) is 0 Å². The zero-order valence-electron chi connectivity index (χ0n) is 10.2. The fourth-order valence-corrected chi connectivity index (χ4v) is 1.70. The molecule has 90 valence electrons. The van der Waals surface area contributed by atoms with Gasteiger partial charge in [-0.25, -0.2) is 0 Å². The van der Waals surface area contributed by atoms with Gasteiger partial charge in [0.1, 0.15) is 5.75 Å². The minimum atomic E-state index is 0.265. The Morgan fingerprint density at radius 2 is 1.94 bits per heavy atom. The molecule has 0 aliphatic carbocycles. The molecule has 0 fully saturated rings. The average Bonchev–Trinajstić information content (AvgIpc) is 2.29. The summed E-state index contributed by atoms with van der Waals surface area (Å²) >= 11 is 0. The molecule has 0 saturated heterocycles. The molecule has 1 aromatic rings. The molecule has 0 radical (unpaired) electrons. The van der Waals surface area contributed by atoms with Crippen LogP contribution < -0.4 is 5.32 Å². The van der Waals surface area contributed by atoms with Gasteiger partial charge in [0.2, 0.25) is 0 Å². The highest BCUT2D eigenvalue weighted by molar-refractivity contribution is 5.27. The first-order valence-corrected chi connectivity index (χ1v) is 5.71. The third-order valence-electron chi connectivity index (χ3n) is 2.74. The number of aromatic hydroxyl groups is 1. The molecule has 2 N–H and O–H groups in total. The van der Waals surface area contributed by atoms with E-state index in [0.717, 1.165) is 13.0 Å². The van der Waals surface area contributed by atoms with Crippen LogP contribution in [0.4, 0.5) is 0 Å². The van der Waals surface area contributed by atoms with Crippen LogP contribution >= 0.6 is 0 Å². The number of rotatable bonds is 6. The SMILES string of the molecule is CCC(COC)NC(C)c1ccc(O)cc1. The minimum absolute atomic E-state index is 0.265. The van der Waals surface area contributed by atoms with Crippen molar-refractivity contribution in [1.29, 1.82) is 0 Å². The molecule has 0 aliphatic rings. The van der Waals surface area contributed by atoms with E-state index in [9.17, 15) is 5.11 Å². The summed E-state index contributed by atoms with van der Waals surface area (Å²) in [4.78, 5) is 0. The van der Waals surface area contributed by atoms with Crippen molar-refractivity contribution >= 4 is 0 Å². The van der Waals surface area contributed by atoms with E-state index in [-0.39, 0.29) is 6.04 Å². The molecule has 1 aromatic carbocycles. The molecular formula is C13H21NO2. The smallest absolute Gasteiger partial charge is 0.115 e. The molecule has 0 aromatic heterocycles. The van der Waals surface area contributed by atoms with Crippen molar-refractivity contribution < 1.29 is 9.84 Å². The first kappa shape index (κ1) is 13.0. The van der Waals surface area contributed by atoms with Gasteiger partial charge in [0.15, 0.2) is 0 Å². The van der Waals surface area contributed by atoms with Gasteiger partial charge in [-0.15, -0.1) is 0 Å². The highest BCUT2D eigenvalue weighted by atomic mass is 16.5. The molecule has 16 heavy (non-hydrogen) atoms. The van der Waals surface area contributed by atoms with Crippen molar-refractivity contribution in [3.63, 3.8) is 0 Å². The summed E-state index contributed by atoms with van der Waals surface area (Å²) in [5.41, 5.74) is 1.17. The maximum Gasteiger partial charge on any atom is 0.115 e. The molecule has 2 atom stereocenters. The number of nitrogens with one attached hydrogen (secondary N) is 1. The van der Waals surface area contributed by atoms with E-state index in [0.29, 0.717) is 11.8 Å². The Labute approximate surface area is 97.4 Å². The Morgan fingerprint density at radius 1 is 1.31 bits per heavy atom. The van der Waals surface area contributed by atoms with Crippen LogP contribution in [0.15, 0.2) is 24.3 Å². The molecule has 0 aliphatic heterocycles. The van der Waals surface area contributed by atoms with Crippen molar-refractivity contribution in [2.24, 2.45) is 0 Å². The van der Waals surface area contributed by atoms with E-state index in [2.05, 4.69) is 19.2 Å². The van der Waals surface area contributed by atoms with Gasteiger partial charge >= 0.3 is 0 Å². The van der Waals surface area contributed by atoms with Gasteiger partial charge in [-0.05, 0) is 31.0 Å². The molecule has 0 bridgehead atoms. The number of benzene rings is 1. The highest BCUT2D eigenvalue weighted by Gasteiger charge is 2.11. The molecule has 3 nitrogen and oxygen atoms in total. The van der Waals surface area contributed by atoms with Crippen LogP contribution in [0, 0.1) is 0 Å². The zero-order valence-corrected chi connectivity index (χ0v) is 10.2. The minimum Gasteiger partial charge on any atom is -0.508 e. The zero-order chi connectivity index (χ0) is 12.0. The number of hydrogen-bond acceptors (Lipinski definition) is 3. The van der Waals surface area contributed by atoms with E-state index in [4.69, 9.17) is 4.74 Å². The van der Waals surface area contributed by atoms with Crippen LogP contribution in [0.25, 0.3) is 0 Å². The van der Waals surface area contributed by atoms with Crippen molar-refractivity contribution in [2.75, 3.05) is 13.7 Å². The summed E-state index contributed by atoms with van der Waals surface area (Å²) in [5.74, 6) is 0.305. The maximum atomic E-state index is 9.21. The fourth-order valence-electron chi connectivity index (χ4n) is 1.70. The predicted molar refractivity (Wildman–Crippen MR) is 65.6 cm³/mol. The van der Waals surface area contributed by atoms with Gasteiger partial charge in [-0.1, -0.05) is 19.1 Å². The van der Waals surface area contributed by atoms with E-state index in [1.165, 1.54) is 5.56 Å². The summed E-state index contributed by atoms with van der Waals surface area (Å²) in [6.45, 7) is 4.98. The van der Waals surface area contributed by atoms with Crippen molar-refractivity contribution in [2.45, 2.75) is 32.4 Å². The van der Waals surface area contributed by atoms with E-state index >= 15 is 0 Å². The van der Waals surface area contributed by atoms with Crippen LogP contribution in [-0.2, 0) is 4.74 Å². The molecule has 0 heterocycles. The van der Waals surface area contributed by atoms with Crippen LogP contribution in [-0.4, -0.2) is 24.9 Å². The van der Waals surface area contributed by atoms with Crippen molar-refractivity contribution in [1.82, 2.24) is 5.32 Å². The van der Waals surface area contributed by atoms with Crippen LogP contribution in [0.5, 0.6) is 5.75 Å². The lowest BCUT2D eigenvalue weighted by molar-refractivity contribution is 0.159. The van der Waals surface area contributed by atoms with Gasteiger partial charge in [-0.2, -0.15) is 0 Å².